The summed E-state index contributed by atoms with van der Waals surface area (Å²) in [6.07, 6.45) is 5.71. The van der Waals surface area contributed by atoms with E-state index in [-0.39, 0.29) is 11.9 Å². The van der Waals surface area contributed by atoms with Gasteiger partial charge in [0.2, 0.25) is 0 Å². The lowest BCUT2D eigenvalue weighted by atomic mass is 10.0. The molecule has 1 heterocycles. The Morgan fingerprint density at radius 3 is 2.85 bits per heavy atom. The summed E-state index contributed by atoms with van der Waals surface area (Å²) in [5.74, 6) is -0.0960. The lowest BCUT2D eigenvalue weighted by Crippen LogP contribution is -2.28. The first-order valence-electron chi connectivity index (χ1n) is 6.47. The van der Waals surface area contributed by atoms with Crippen LogP contribution in [0.1, 0.15) is 41.5 Å². The molecule has 0 aliphatic heterocycles. The second kappa shape index (κ2) is 6.61. The first kappa shape index (κ1) is 14.7. The van der Waals surface area contributed by atoms with Gasteiger partial charge in [0, 0.05) is 22.4 Å². The molecule has 104 valence electrons. The Hall–Kier alpha value is -1.75. The van der Waals surface area contributed by atoms with Crippen LogP contribution in [0.15, 0.2) is 41.3 Å². The van der Waals surface area contributed by atoms with Gasteiger partial charge in [-0.25, -0.2) is 0 Å². The van der Waals surface area contributed by atoms with Crippen molar-refractivity contribution in [1.82, 2.24) is 15.3 Å². The van der Waals surface area contributed by atoms with Gasteiger partial charge in [0.1, 0.15) is 0 Å². The first-order chi connectivity index (χ1) is 9.61. The summed E-state index contributed by atoms with van der Waals surface area (Å²) in [6.45, 7) is 3.93. The number of aromatic nitrogens is 2. The molecular formula is C15H16BrN3O. The second-order valence-electron chi connectivity index (χ2n) is 4.48. The van der Waals surface area contributed by atoms with Crippen molar-refractivity contribution < 1.29 is 4.79 Å². The standard InChI is InChI=1S/C15H16BrN3O/c1-3-11-4-5-12(16)8-13(11)15(20)19-10(2)14-9-17-6-7-18-14/h4-10H,3H2,1-2H3,(H,19,20)/t10-/m1/s1. The summed E-state index contributed by atoms with van der Waals surface area (Å²) < 4.78 is 0.895. The van der Waals surface area contributed by atoms with E-state index >= 15 is 0 Å². The lowest BCUT2D eigenvalue weighted by molar-refractivity contribution is 0.0938. The number of nitrogens with zero attached hydrogens (tertiary/aromatic N) is 2. The highest BCUT2D eigenvalue weighted by molar-refractivity contribution is 9.10. The van der Waals surface area contributed by atoms with Crippen molar-refractivity contribution >= 4 is 21.8 Å². The topological polar surface area (TPSA) is 54.9 Å². The number of aryl methyl sites for hydroxylation is 1. The number of halogens is 1. The van der Waals surface area contributed by atoms with E-state index in [1.807, 2.05) is 32.0 Å². The minimum Gasteiger partial charge on any atom is -0.344 e. The smallest absolute Gasteiger partial charge is 0.252 e. The number of carbonyl (C=O) groups is 1. The van der Waals surface area contributed by atoms with Crippen molar-refractivity contribution in [2.75, 3.05) is 0 Å². The molecule has 0 aliphatic carbocycles. The Labute approximate surface area is 126 Å². The number of benzene rings is 1. The fourth-order valence-electron chi connectivity index (χ4n) is 1.95. The number of rotatable bonds is 4. The zero-order valence-corrected chi connectivity index (χ0v) is 13.0. The molecule has 0 fully saturated rings. The van der Waals surface area contributed by atoms with E-state index in [4.69, 9.17) is 0 Å². The maximum absolute atomic E-state index is 12.4. The van der Waals surface area contributed by atoms with E-state index in [0.29, 0.717) is 5.56 Å². The first-order valence-corrected chi connectivity index (χ1v) is 7.26. The van der Waals surface area contributed by atoms with Gasteiger partial charge in [0.05, 0.1) is 17.9 Å². The highest BCUT2D eigenvalue weighted by atomic mass is 79.9. The van der Waals surface area contributed by atoms with Crippen LogP contribution in [0, 0.1) is 0 Å². The van der Waals surface area contributed by atoms with E-state index in [0.717, 1.165) is 22.2 Å². The van der Waals surface area contributed by atoms with E-state index in [2.05, 4.69) is 31.2 Å². The van der Waals surface area contributed by atoms with Crippen molar-refractivity contribution in [2.24, 2.45) is 0 Å². The molecule has 20 heavy (non-hydrogen) atoms. The van der Waals surface area contributed by atoms with Gasteiger partial charge in [0.15, 0.2) is 0 Å². The summed E-state index contributed by atoms with van der Waals surface area (Å²) >= 11 is 3.40. The number of hydrogen-bond acceptors (Lipinski definition) is 3. The molecule has 0 spiro atoms. The van der Waals surface area contributed by atoms with Gasteiger partial charge in [-0.15, -0.1) is 0 Å². The highest BCUT2D eigenvalue weighted by Crippen LogP contribution is 2.18. The third kappa shape index (κ3) is 3.42. The Bertz CT molecular complexity index is 601. The fraction of sp³-hybridized carbons (Fsp3) is 0.267. The van der Waals surface area contributed by atoms with E-state index < -0.39 is 0 Å². The minimum atomic E-state index is -0.181. The molecule has 0 unspecified atom stereocenters. The number of carbonyl (C=O) groups excluding carboxylic acids is 1. The molecule has 5 heteroatoms. The molecule has 0 saturated heterocycles. The largest absolute Gasteiger partial charge is 0.344 e. The average Bonchev–Trinajstić information content (AvgIpc) is 2.48. The van der Waals surface area contributed by atoms with Crippen molar-refractivity contribution in [3.8, 4) is 0 Å². The normalized spacial score (nSPS) is 11.9. The quantitative estimate of drug-likeness (QED) is 0.933. The lowest BCUT2D eigenvalue weighted by Gasteiger charge is -2.15. The van der Waals surface area contributed by atoms with E-state index in [9.17, 15) is 4.79 Å². The zero-order valence-electron chi connectivity index (χ0n) is 11.4. The molecular weight excluding hydrogens is 318 g/mol. The van der Waals surface area contributed by atoms with Crippen LogP contribution >= 0.6 is 15.9 Å². The summed E-state index contributed by atoms with van der Waals surface area (Å²) in [5.41, 5.74) is 2.46. The van der Waals surface area contributed by atoms with Crippen LogP contribution in [0.2, 0.25) is 0 Å². The van der Waals surface area contributed by atoms with E-state index in [1.54, 1.807) is 18.6 Å². The average molecular weight is 334 g/mol. The Balaban J connectivity index is 2.18. The van der Waals surface area contributed by atoms with Gasteiger partial charge < -0.3 is 5.32 Å². The third-order valence-electron chi connectivity index (χ3n) is 3.07. The van der Waals surface area contributed by atoms with Crippen molar-refractivity contribution in [2.45, 2.75) is 26.3 Å². The van der Waals surface area contributed by atoms with Gasteiger partial charge in [0.25, 0.3) is 5.91 Å². The maximum atomic E-state index is 12.4. The van der Waals surface area contributed by atoms with Gasteiger partial charge in [-0.3, -0.25) is 14.8 Å². The molecule has 1 amide bonds. The fourth-order valence-corrected chi connectivity index (χ4v) is 2.31. The van der Waals surface area contributed by atoms with Gasteiger partial charge in [-0.2, -0.15) is 0 Å². The molecule has 0 radical (unpaired) electrons. The molecule has 0 saturated carbocycles. The molecule has 0 aliphatic rings. The van der Waals surface area contributed by atoms with Crippen molar-refractivity contribution in [1.29, 1.82) is 0 Å². The van der Waals surface area contributed by atoms with Crippen LogP contribution in [0.25, 0.3) is 0 Å². The minimum absolute atomic E-state index is 0.0960. The van der Waals surface area contributed by atoms with Crippen molar-refractivity contribution in [3.05, 3.63) is 58.1 Å². The molecule has 1 aromatic heterocycles. The summed E-state index contributed by atoms with van der Waals surface area (Å²) in [4.78, 5) is 20.6. The van der Waals surface area contributed by atoms with Gasteiger partial charge >= 0.3 is 0 Å². The Morgan fingerprint density at radius 2 is 2.20 bits per heavy atom. The molecule has 0 bridgehead atoms. The van der Waals surface area contributed by atoms with Gasteiger partial charge in [-0.1, -0.05) is 28.9 Å². The Morgan fingerprint density at radius 1 is 1.40 bits per heavy atom. The molecule has 1 atom stereocenters. The maximum Gasteiger partial charge on any atom is 0.252 e. The summed E-state index contributed by atoms with van der Waals surface area (Å²) in [5, 5.41) is 2.95. The number of amides is 1. The predicted octanol–water partition coefficient (Wildman–Crippen LogP) is 3.29. The summed E-state index contributed by atoms with van der Waals surface area (Å²) in [6, 6.07) is 5.57. The number of nitrogens with one attached hydrogen (secondary N) is 1. The van der Waals surface area contributed by atoms with Crippen LogP contribution in [0.3, 0.4) is 0 Å². The Kier molecular flexibility index (Phi) is 4.84. The second-order valence-corrected chi connectivity index (χ2v) is 5.40. The highest BCUT2D eigenvalue weighted by Gasteiger charge is 2.15. The molecule has 1 aromatic carbocycles. The molecule has 2 aromatic rings. The number of hydrogen-bond donors (Lipinski definition) is 1. The molecule has 2 rings (SSSR count). The van der Waals surface area contributed by atoms with Gasteiger partial charge in [-0.05, 0) is 31.0 Å². The van der Waals surface area contributed by atoms with Crippen LogP contribution in [0.5, 0.6) is 0 Å². The third-order valence-corrected chi connectivity index (χ3v) is 3.57. The van der Waals surface area contributed by atoms with Crippen LogP contribution in [0.4, 0.5) is 0 Å². The molecule has 1 N–H and O–H groups in total. The monoisotopic (exact) mass is 333 g/mol. The van der Waals surface area contributed by atoms with Crippen LogP contribution < -0.4 is 5.32 Å². The van der Waals surface area contributed by atoms with Crippen molar-refractivity contribution in [3.63, 3.8) is 0 Å². The predicted molar refractivity (Wildman–Crippen MR) is 81.4 cm³/mol. The molecule has 4 nitrogen and oxygen atoms in total. The summed E-state index contributed by atoms with van der Waals surface area (Å²) in [7, 11) is 0. The van der Waals surface area contributed by atoms with Crippen LogP contribution in [-0.2, 0) is 6.42 Å². The van der Waals surface area contributed by atoms with Crippen LogP contribution in [-0.4, -0.2) is 15.9 Å². The van der Waals surface area contributed by atoms with E-state index in [1.165, 1.54) is 0 Å². The zero-order chi connectivity index (χ0) is 14.5. The SMILES string of the molecule is CCc1ccc(Br)cc1C(=O)N[C@H](C)c1cnccn1.